The largest absolute Gasteiger partial charge is 0.505 e. The number of benzene rings is 2. The van der Waals surface area contributed by atoms with Crippen molar-refractivity contribution in [2.24, 2.45) is 0 Å². The van der Waals surface area contributed by atoms with Crippen LogP contribution < -0.4 is 5.32 Å². The first-order valence-corrected chi connectivity index (χ1v) is 6.36. The predicted octanol–water partition coefficient (Wildman–Crippen LogP) is 4.96. The van der Waals surface area contributed by atoms with Crippen molar-refractivity contribution in [3.63, 3.8) is 0 Å². The van der Waals surface area contributed by atoms with Crippen molar-refractivity contribution in [1.29, 1.82) is 0 Å². The Morgan fingerprint density at radius 3 is 2.28 bits per heavy atom. The molecular formula is C13H10Cl3NO. The lowest BCUT2D eigenvalue weighted by Gasteiger charge is -2.09. The zero-order chi connectivity index (χ0) is 13.1. The Kier molecular flexibility index (Phi) is 4.23. The van der Waals surface area contributed by atoms with E-state index in [4.69, 9.17) is 34.8 Å². The maximum absolute atomic E-state index is 9.44. The average Bonchev–Trinajstić information content (AvgIpc) is 2.33. The van der Waals surface area contributed by atoms with Crippen LogP contribution in [0, 0.1) is 0 Å². The Morgan fingerprint density at radius 2 is 1.67 bits per heavy atom. The number of halogens is 3. The number of hydrogen-bond donors (Lipinski definition) is 2. The van der Waals surface area contributed by atoms with Crippen LogP contribution in [0.15, 0.2) is 36.4 Å². The van der Waals surface area contributed by atoms with E-state index >= 15 is 0 Å². The molecule has 0 saturated carbocycles. The molecule has 0 amide bonds. The highest BCUT2D eigenvalue weighted by Crippen LogP contribution is 2.34. The Balaban J connectivity index is 2.11. The van der Waals surface area contributed by atoms with Gasteiger partial charge in [0.05, 0.1) is 10.0 Å². The fraction of sp³-hybridized carbons (Fsp3) is 0.0769. The Labute approximate surface area is 120 Å². The summed E-state index contributed by atoms with van der Waals surface area (Å²) in [6, 6.07) is 10.8. The van der Waals surface area contributed by atoms with E-state index in [-0.39, 0.29) is 15.8 Å². The van der Waals surface area contributed by atoms with Gasteiger partial charge in [0.1, 0.15) is 0 Å². The van der Waals surface area contributed by atoms with Gasteiger partial charge in [0, 0.05) is 17.3 Å². The summed E-state index contributed by atoms with van der Waals surface area (Å²) < 4.78 is 0. The quantitative estimate of drug-likeness (QED) is 0.785. The molecule has 0 heterocycles. The zero-order valence-corrected chi connectivity index (χ0v) is 11.5. The molecule has 0 bridgehead atoms. The first kappa shape index (κ1) is 13.3. The van der Waals surface area contributed by atoms with Crippen molar-refractivity contribution in [3.8, 4) is 5.75 Å². The molecule has 0 atom stereocenters. The molecule has 0 radical (unpaired) electrons. The van der Waals surface area contributed by atoms with Crippen molar-refractivity contribution < 1.29 is 5.11 Å². The molecule has 94 valence electrons. The van der Waals surface area contributed by atoms with Crippen molar-refractivity contribution in [2.75, 3.05) is 5.32 Å². The van der Waals surface area contributed by atoms with Crippen LogP contribution in [0.1, 0.15) is 5.56 Å². The van der Waals surface area contributed by atoms with Gasteiger partial charge in [-0.25, -0.2) is 0 Å². The van der Waals surface area contributed by atoms with Gasteiger partial charge in [0.25, 0.3) is 0 Å². The number of phenolic OH excluding ortho intramolecular Hbond substituents is 1. The fourth-order valence-corrected chi connectivity index (χ4v) is 2.22. The highest BCUT2D eigenvalue weighted by molar-refractivity contribution is 6.37. The molecule has 0 aliphatic heterocycles. The molecule has 2 aromatic rings. The van der Waals surface area contributed by atoms with Crippen LogP contribution in [0.4, 0.5) is 5.69 Å². The van der Waals surface area contributed by atoms with E-state index in [1.165, 1.54) is 0 Å². The van der Waals surface area contributed by atoms with Crippen LogP contribution in [0.5, 0.6) is 5.75 Å². The second-order valence-electron chi connectivity index (χ2n) is 3.77. The number of nitrogens with one attached hydrogen (secondary N) is 1. The van der Waals surface area contributed by atoms with Gasteiger partial charge in [-0.2, -0.15) is 0 Å². The second kappa shape index (κ2) is 5.70. The average molecular weight is 303 g/mol. The van der Waals surface area contributed by atoms with E-state index in [1.807, 2.05) is 24.3 Å². The normalized spacial score (nSPS) is 10.4. The molecule has 0 aliphatic rings. The Bertz CT molecular complexity index is 549. The molecule has 2 nitrogen and oxygen atoms in total. The lowest BCUT2D eigenvalue weighted by atomic mass is 10.2. The van der Waals surface area contributed by atoms with Gasteiger partial charge in [-0.05, 0) is 29.8 Å². The third kappa shape index (κ3) is 3.22. The molecular weight excluding hydrogens is 293 g/mol. The molecule has 2 N–H and O–H groups in total. The SMILES string of the molecule is Oc1c(Cl)cc(NCc2cccc(Cl)c2)cc1Cl. The Morgan fingerprint density at radius 1 is 1.00 bits per heavy atom. The molecule has 0 fully saturated rings. The number of anilines is 1. The third-order valence-electron chi connectivity index (χ3n) is 2.40. The molecule has 5 heteroatoms. The summed E-state index contributed by atoms with van der Waals surface area (Å²) in [7, 11) is 0. The number of hydrogen-bond acceptors (Lipinski definition) is 2. The minimum Gasteiger partial charge on any atom is -0.505 e. The van der Waals surface area contributed by atoms with Crippen LogP contribution in [0.25, 0.3) is 0 Å². The minimum atomic E-state index is -0.105. The lowest BCUT2D eigenvalue weighted by molar-refractivity contribution is 0.476. The molecule has 0 unspecified atom stereocenters. The number of rotatable bonds is 3. The standard InChI is InChI=1S/C13H10Cl3NO/c14-9-3-1-2-8(4-9)7-17-10-5-11(15)13(18)12(16)6-10/h1-6,17-18H,7H2. The summed E-state index contributed by atoms with van der Waals surface area (Å²) in [6.45, 7) is 0.595. The van der Waals surface area contributed by atoms with Crippen molar-refractivity contribution in [1.82, 2.24) is 0 Å². The zero-order valence-electron chi connectivity index (χ0n) is 9.25. The molecule has 18 heavy (non-hydrogen) atoms. The molecule has 2 rings (SSSR count). The first-order chi connectivity index (χ1) is 8.56. The minimum absolute atomic E-state index is 0.105. The molecule has 0 spiro atoms. The van der Waals surface area contributed by atoms with Crippen LogP contribution in [-0.2, 0) is 6.54 Å². The molecule has 0 saturated heterocycles. The molecule has 0 aromatic heterocycles. The summed E-state index contributed by atoms with van der Waals surface area (Å²) >= 11 is 17.6. The van der Waals surface area contributed by atoms with Crippen molar-refractivity contribution >= 4 is 40.5 Å². The van der Waals surface area contributed by atoms with Crippen molar-refractivity contribution in [2.45, 2.75) is 6.54 Å². The second-order valence-corrected chi connectivity index (χ2v) is 5.02. The van der Waals surface area contributed by atoms with Gasteiger partial charge in [0.2, 0.25) is 0 Å². The fourth-order valence-electron chi connectivity index (χ4n) is 1.52. The highest BCUT2D eigenvalue weighted by Gasteiger charge is 2.06. The summed E-state index contributed by atoms with van der Waals surface area (Å²) in [5.74, 6) is -0.105. The van der Waals surface area contributed by atoms with Gasteiger partial charge in [-0.1, -0.05) is 46.9 Å². The van der Waals surface area contributed by atoms with E-state index in [1.54, 1.807) is 12.1 Å². The molecule has 2 aromatic carbocycles. The predicted molar refractivity (Wildman–Crippen MR) is 76.9 cm³/mol. The topological polar surface area (TPSA) is 32.3 Å². The van der Waals surface area contributed by atoms with Crippen LogP contribution >= 0.6 is 34.8 Å². The van der Waals surface area contributed by atoms with Gasteiger partial charge in [-0.3, -0.25) is 0 Å². The highest BCUT2D eigenvalue weighted by atomic mass is 35.5. The smallest absolute Gasteiger partial charge is 0.152 e. The monoisotopic (exact) mass is 301 g/mol. The molecule has 0 aliphatic carbocycles. The third-order valence-corrected chi connectivity index (χ3v) is 3.21. The van der Waals surface area contributed by atoms with Crippen molar-refractivity contribution in [3.05, 3.63) is 57.0 Å². The first-order valence-electron chi connectivity index (χ1n) is 5.22. The van der Waals surface area contributed by atoms with E-state index in [0.29, 0.717) is 11.6 Å². The number of phenols is 1. The van der Waals surface area contributed by atoms with Crippen LogP contribution in [0.2, 0.25) is 15.1 Å². The van der Waals surface area contributed by atoms with Crippen LogP contribution in [-0.4, -0.2) is 5.11 Å². The number of aromatic hydroxyl groups is 1. The van der Waals surface area contributed by atoms with E-state index in [0.717, 1.165) is 11.3 Å². The summed E-state index contributed by atoms with van der Waals surface area (Å²) in [5.41, 5.74) is 1.78. The van der Waals surface area contributed by atoms with Gasteiger partial charge in [0.15, 0.2) is 5.75 Å². The van der Waals surface area contributed by atoms with E-state index < -0.39 is 0 Å². The summed E-state index contributed by atoms with van der Waals surface area (Å²) in [6.07, 6.45) is 0. The summed E-state index contributed by atoms with van der Waals surface area (Å²) in [4.78, 5) is 0. The lowest BCUT2D eigenvalue weighted by Crippen LogP contribution is -1.99. The van der Waals surface area contributed by atoms with Gasteiger partial charge < -0.3 is 10.4 Å². The Hall–Kier alpha value is -1.09. The summed E-state index contributed by atoms with van der Waals surface area (Å²) in [5, 5.41) is 13.7. The maximum Gasteiger partial charge on any atom is 0.152 e. The maximum atomic E-state index is 9.44. The van der Waals surface area contributed by atoms with Gasteiger partial charge in [-0.15, -0.1) is 0 Å². The van der Waals surface area contributed by atoms with Crippen LogP contribution in [0.3, 0.4) is 0 Å². The van der Waals surface area contributed by atoms with Gasteiger partial charge >= 0.3 is 0 Å². The van der Waals surface area contributed by atoms with E-state index in [9.17, 15) is 5.11 Å². The van der Waals surface area contributed by atoms with E-state index in [2.05, 4.69) is 5.32 Å².